The van der Waals surface area contributed by atoms with Crippen molar-refractivity contribution in [1.82, 2.24) is 10.3 Å². The smallest absolute Gasteiger partial charge is 0.223 e. The second-order valence-corrected chi connectivity index (χ2v) is 4.16. The molecule has 0 spiro atoms. The predicted octanol–water partition coefficient (Wildman–Crippen LogP) is 3.18. The summed E-state index contributed by atoms with van der Waals surface area (Å²) in [6, 6.07) is 5.57. The number of benzene rings is 1. The Hall–Kier alpha value is -2.01. The van der Waals surface area contributed by atoms with Crippen LogP contribution in [0, 0.1) is 18.6 Å². The first-order valence-electron chi connectivity index (χ1n) is 5.83. The summed E-state index contributed by atoms with van der Waals surface area (Å²) in [5, 5.41) is 2.91. The SMILES string of the molecule is CNCc1cc(F)cnc1Oc1ccc(F)cc1C. The van der Waals surface area contributed by atoms with Crippen molar-refractivity contribution in [2.45, 2.75) is 13.5 Å². The molecule has 0 atom stereocenters. The Morgan fingerprint density at radius 2 is 2.00 bits per heavy atom. The summed E-state index contributed by atoms with van der Waals surface area (Å²) in [6.45, 7) is 2.17. The average molecular weight is 264 g/mol. The van der Waals surface area contributed by atoms with Crippen molar-refractivity contribution in [2.75, 3.05) is 7.05 Å². The molecule has 5 heteroatoms. The zero-order valence-electron chi connectivity index (χ0n) is 10.7. The van der Waals surface area contributed by atoms with Crippen molar-refractivity contribution in [3.8, 4) is 11.6 Å². The highest BCUT2D eigenvalue weighted by Gasteiger charge is 2.09. The molecule has 19 heavy (non-hydrogen) atoms. The van der Waals surface area contributed by atoms with Gasteiger partial charge in [0.25, 0.3) is 0 Å². The van der Waals surface area contributed by atoms with Gasteiger partial charge in [0, 0.05) is 12.1 Å². The van der Waals surface area contributed by atoms with Crippen LogP contribution >= 0.6 is 0 Å². The van der Waals surface area contributed by atoms with Crippen molar-refractivity contribution < 1.29 is 13.5 Å². The van der Waals surface area contributed by atoms with Gasteiger partial charge in [-0.1, -0.05) is 0 Å². The first-order chi connectivity index (χ1) is 9.10. The number of hydrogen-bond acceptors (Lipinski definition) is 3. The van der Waals surface area contributed by atoms with E-state index in [0.717, 1.165) is 6.20 Å². The maximum absolute atomic E-state index is 13.1. The Morgan fingerprint density at radius 1 is 1.21 bits per heavy atom. The van der Waals surface area contributed by atoms with Gasteiger partial charge in [-0.25, -0.2) is 13.8 Å². The van der Waals surface area contributed by atoms with Gasteiger partial charge in [0.2, 0.25) is 5.88 Å². The second-order valence-electron chi connectivity index (χ2n) is 4.16. The summed E-state index contributed by atoms with van der Waals surface area (Å²) in [5.41, 5.74) is 1.26. The van der Waals surface area contributed by atoms with Crippen LogP contribution in [-0.2, 0) is 6.54 Å². The van der Waals surface area contributed by atoms with Gasteiger partial charge >= 0.3 is 0 Å². The van der Waals surface area contributed by atoms with Crippen LogP contribution in [0.25, 0.3) is 0 Å². The zero-order valence-corrected chi connectivity index (χ0v) is 10.7. The van der Waals surface area contributed by atoms with Gasteiger partial charge in [0.05, 0.1) is 6.20 Å². The molecule has 3 nitrogen and oxygen atoms in total. The van der Waals surface area contributed by atoms with Crippen LogP contribution in [0.4, 0.5) is 8.78 Å². The van der Waals surface area contributed by atoms with Crippen molar-refractivity contribution in [1.29, 1.82) is 0 Å². The number of halogens is 2. The van der Waals surface area contributed by atoms with Crippen LogP contribution < -0.4 is 10.1 Å². The van der Waals surface area contributed by atoms with Crippen molar-refractivity contribution in [3.05, 3.63) is 53.2 Å². The molecule has 0 fully saturated rings. The minimum Gasteiger partial charge on any atom is -0.438 e. The van der Waals surface area contributed by atoms with E-state index >= 15 is 0 Å². The zero-order chi connectivity index (χ0) is 13.8. The normalized spacial score (nSPS) is 10.5. The molecule has 0 saturated heterocycles. The minimum absolute atomic E-state index is 0.311. The lowest BCUT2D eigenvalue weighted by Crippen LogP contribution is -2.08. The third kappa shape index (κ3) is 3.26. The number of hydrogen-bond donors (Lipinski definition) is 1. The number of aryl methyl sites for hydroxylation is 1. The van der Waals surface area contributed by atoms with E-state index in [2.05, 4.69) is 10.3 Å². The molecule has 2 aromatic rings. The van der Waals surface area contributed by atoms with E-state index in [0.29, 0.717) is 29.3 Å². The number of aromatic nitrogens is 1. The Morgan fingerprint density at radius 3 is 2.68 bits per heavy atom. The Labute approximate surface area is 110 Å². The molecule has 0 radical (unpaired) electrons. The number of ether oxygens (including phenoxy) is 1. The summed E-state index contributed by atoms with van der Waals surface area (Å²) >= 11 is 0. The first kappa shape index (κ1) is 13.4. The standard InChI is InChI=1S/C14H14F2N2O/c1-9-5-11(15)3-4-13(9)19-14-10(7-17-2)6-12(16)8-18-14/h3-6,8,17H,7H2,1-2H3. The van der Waals surface area contributed by atoms with E-state index in [9.17, 15) is 8.78 Å². The van der Waals surface area contributed by atoms with E-state index < -0.39 is 5.82 Å². The highest BCUT2D eigenvalue weighted by molar-refractivity contribution is 5.37. The molecule has 0 unspecified atom stereocenters. The summed E-state index contributed by atoms with van der Waals surface area (Å²) < 4.78 is 31.8. The largest absolute Gasteiger partial charge is 0.438 e. The van der Waals surface area contributed by atoms with E-state index in [1.165, 1.54) is 24.3 Å². The van der Waals surface area contributed by atoms with Crippen LogP contribution in [0.1, 0.15) is 11.1 Å². The van der Waals surface area contributed by atoms with Crippen LogP contribution in [0.3, 0.4) is 0 Å². The maximum Gasteiger partial charge on any atom is 0.223 e. The monoisotopic (exact) mass is 264 g/mol. The fourth-order valence-electron chi connectivity index (χ4n) is 1.71. The highest BCUT2D eigenvalue weighted by atomic mass is 19.1. The number of nitrogens with zero attached hydrogens (tertiary/aromatic N) is 1. The van der Waals surface area contributed by atoms with E-state index in [-0.39, 0.29) is 5.82 Å². The van der Waals surface area contributed by atoms with E-state index in [1.807, 2.05) is 0 Å². The van der Waals surface area contributed by atoms with Gasteiger partial charge in [-0.15, -0.1) is 0 Å². The third-order valence-corrected chi connectivity index (χ3v) is 2.60. The molecule has 1 aromatic heterocycles. The lowest BCUT2D eigenvalue weighted by atomic mass is 10.2. The molecule has 0 amide bonds. The summed E-state index contributed by atoms with van der Waals surface area (Å²) in [7, 11) is 1.75. The molecule has 100 valence electrons. The Bertz CT molecular complexity index is 588. The number of pyridine rings is 1. The minimum atomic E-state index is -0.423. The molecule has 0 aliphatic heterocycles. The molecular weight excluding hydrogens is 250 g/mol. The van der Waals surface area contributed by atoms with Gasteiger partial charge < -0.3 is 10.1 Å². The quantitative estimate of drug-likeness (QED) is 0.921. The predicted molar refractivity (Wildman–Crippen MR) is 68.2 cm³/mol. The Balaban J connectivity index is 2.32. The van der Waals surface area contributed by atoms with Gasteiger partial charge in [-0.05, 0) is 43.8 Å². The third-order valence-electron chi connectivity index (χ3n) is 2.60. The number of rotatable bonds is 4. The van der Waals surface area contributed by atoms with Crippen molar-refractivity contribution in [3.63, 3.8) is 0 Å². The van der Waals surface area contributed by atoms with Crippen LogP contribution in [-0.4, -0.2) is 12.0 Å². The molecule has 0 bridgehead atoms. The highest BCUT2D eigenvalue weighted by Crippen LogP contribution is 2.26. The van der Waals surface area contributed by atoms with Crippen LogP contribution in [0.15, 0.2) is 30.5 Å². The molecule has 1 N–H and O–H groups in total. The molecule has 0 aliphatic rings. The first-order valence-corrected chi connectivity index (χ1v) is 5.83. The molecular formula is C14H14F2N2O. The fraction of sp³-hybridized carbons (Fsp3) is 0.214. The molecule has 2 rings (SSSR count). The van der Waals surface area contributed by atoms with Gasteiger partial charge in [0.1, 0.15) is 17.4 Å². The lowest BCUT2D eigenvalue weighted by molar-refractivity contribution is 0.445. The van der Waals surface area contributed by atoms with Gasteiger partial charge in [0.15, 0.2) is 0 Å². The molecule has 1 heterocycles. The second kappa shape index (κ2) is 5.75. The fourth-order valence-corrected chi connectivity index (χ4v) is 1.71. The van der Waals surface area contributed by atoms with E-state index in [4.69, 9.17) is 4.74 Å². The number of nitrogens with one attached hydrogen (secondary N) is 1. The molecule has 0 aliphatic carbocycles. The van der Waals surface area contributed by atoms with Crippen LogP contribution in [0.2, 0.25) is 0 Å². The summed E-state index contributed by atoms with van der Waals surface area (Å²) in [6.07, 6.45) is 1.09. The summed E-state index contributed by atoms with van der Waals surface area (Å²) in [4.78, 5) is 3.92. The van der Waals surface area contributed by atoms with Crippen LogP contribution in [0.5, 0.6) is 11.6 Å². The van der Waals surface area contributed by atoms with Gasteiger partial charge in [-0.2, -0.15) is 0 Å². The van der Waals surface area contributed by atoms with Gasteiger partial charge in [-0.3, -0.25) is 0 Å². The van der Waals surface area contributed by atoms with Crippen molar-refractivity contribution in [2.24, 2.45) is 0 Å². The molecule has 1 aromatic carbocycles. The lowest BCUT2D eigenvalue weighted by Gasteiger charge is -2.11. The van der Waals surface area contributed by atoms with E-state index in [1.54, 1.807) is 14.0 Å². The van der Waals surface area contributed by atoms with Crippen molar-refractivity contribution >= 4 is 0 Å². The summed E-state index contributed by atoms with van der Waals surface area (Å²) in [5.74, 6) is 0.0594. The average Bonchev–Trinajstić information content (AvgIpc) is 2.36. The molecule has 0 saturated carbocycles. The topological polar surface area (TPSA) is 34.2 Å². The maximum atomic E-state index is 13.1. The Kier molecular flexibility index (Phi) is 4.06.